The molecule has 142 valence electrons. The van der Waals surface area contributed by atoms with E-state index in [1.807, 2.05) is 4.68 Å². The van der Waals surface area contributed by atoms with Crippen LogP contribution in [0.15, 0.2) is 12.3 Å². The Morgan fingerprint density at radius 3 is 2.88 bits per heavy atom. The number of carbonyl (C=O) groups excluding carboxylic acids is 3. The van der Waals surface area contributed by atoms with E-state index in [2.05, 4.69) is 20.5 Å². The van der Waals surface area contributed by atoms with Crippen molar-refractivity contribution >= 4 is 23.6 Å². The van der Waals surface area contributed by atoms with Crippen LogP contribution in [0.5, 0.6) is 0 Å². The van der Waals surface area contributed by atoms with Crippen LogP contribution in [0.3, 0.4) is 0 Å². The number of nitrogens with zero attached hydrogens (tertiary/aromatic N) is 3. The number of piperazine rings is 1. The molecule has 2 amide bonds. The molecule has 3 rings (SSSR count). The maximum absolute atomic E-state index is 12.5. The van der Waals surface area contributed by atoms with Gasteiger partial charge in [-0.2, -0.15) is 5.10 Å². The van der Waals surface area contributed by atoms with Crippen molar-refractivity contribution < 1.29 is 19.1 Å². The summed E-state index contributed by atoms with van der Waals surface area (Å²) in [5, 5.41) is 9.95. The molecule has 1 saturated carbocycles. The van der Waals surface area contributed by atoms with Crippen LogP contribution in [0.4, 0.5) is 5.82 Å². The van der Waals surface area contributed by atoms with Crippen LogP contribution in [0.2, 0.25) is 0 Å². The van der Waals surface area contributed by atoms with Crippen LogP contribution in [-0.2, 0) is 19.1 Å². The van der Waals surface area contributed by atoms with Crippen molar-refractivity contribution in [2.45, 2.75) is 44.2 Å². The normalized spacial score (nSPS) is 21.4. The summed E-state index contributed by atoms with van der Waals surface area (Å²) in [5.41, 5.74) is 0. The topological polar surface area (TPSA) is 106 Å². The lowest BCUT2D eigenvalue weighted by Crippen LogP contribution is -2.57. The fourth-order valence-corrected chi connectivity index (χ4v) is 3.63. The fraction of sp³-hybridized carbons (Fsp3) is 0.647. The van der Waals surface area contributed by atoms with Gasteiger partial charge < -0.3 is 15.4 Å². The largest absolute Gasteiger partial charge is 0.469 e. The van der Waals surface area contributed by atoms with Crippen molar-refractivity contribution in [3.8, 4) is 0 Å². The number of carbonyl (C=O) groups is 3. The Hall–Kier alpha value is -2.42. The molecule has 1 saturated heterocycles. The molecule has 1 aliphatic carbocycles. The summed E-state index contributed by atoms with van der Waals surface area (Å²) in [6, 6.07) is 1.42. The maximum atomic E-state index is 12.5. The Balaban J connectivity index is 1.62. The number of rotatable bonds is 6. The van der Waals surface area contributed by atoms with Crippen LogP contribution in [0.1, 0.15) is 38.1 Å². The summed E-state index contributed by atoms with van der Waals surface area (Å²) < 4.78 is 6.53. The Labute approximate surface area is 152 Å². The molecule has 1 unspecified atom stereocenters. The van der Waals surface area contributed by atoms with Gasteiger partial charge in [-0.15, -0.1) is 0 Å². The molecule has 1 aromatic rings. The highest BCUT2D eigenvalue weighted by Gasteiger charge is 2.33. The second-order valence-corrected chi connectivity index (χ2v) is 6.71. The van der Waals surface area contributed by atoms with Gasteiger partial charge in [0.1, 0.15) is 11.9 Å². The summed E-state index contributed by atoms with van der Waals surface area (Å²) in [5.74, 6) is -0.288. The minimum absolute atomic E-state index is 0.0327. The lowest BCUT2D eigenvalue weighted by atomic mass is 10.1. The molecule has 2 fully saturated rings. The predicted molar refractivity (Wildman–Crippen MR) is 93.4 cm³/mol. The standard InChI is InChI=1S/C17H25N5O4/c1-26-16(24)10-13-17(25)18-8-9-21(13)11-15(23)20-14-6-7-19-22(14)12-4-2-3-5-12/h6-7,12-13H,2-5,8-11H2,1H3,(H,18,25)(H,20,23). The first-order chi connectivity index (χ1) is 12.6. The van der Waals surface area contributed by atoms with Gasteiger partial charge in [-0.25, -0.2) is 4.68 Å². The predicted octanol–water partition coefficient (Wildman–Crippen LogP) is 0.300. The lowest BCUT2D eigenvalue weighted by molar-refractivity contribution is -0.146. The summed E-state index contributed by atoms with van der Waals surface area (Å²) in [6.45, 7) is 0.984. The molecule has 0 spiro atoms. The second-order valence-electron chi connectivity index (χ2n) is 6.71. The van der Waals surface area contributed by atoms with Gasteiger partial charge in [0.15, 0.2) is 0 Å². The molecular formula is C17H25N5O4. The van der Waals surface area contributed by atoms with E-state index in [9.17, 15) is 14.4 Å². The van der Waals surface area contributed by atoms with Crippen molar-refractivity contribution in [1.82, 2.24) is 20.0 Å². The van der Waals surface area contributed by atoms with Crippen molar-refractivity contribution in [2.75, 3.05) is 32.1 Å². The second kappa shape index (κ2) is 8.31. The van der Waals surface area contributed by atoms with E-state index < -0.39 is 12.0 Å². The third-order valence-electron chi connectivity index (χ3n) is 4.98. The van der Waals surface area contributed by atoms with E-state index in [1.165, 1.54) is 20.0 Å². The van der Waals surface area contributed by atoms with Crippen molar-refractivity contribution in [1.29, 1.82) is 0 Å². The third kappa shape index (κ3) is 4.21. The molecule has 26 heavy (non-hydrogen) atoms. The third-order valence-corrected chi connectivity index (χ3v) is 4.98. The van der Waals surface area contributed by atoms with Crippen LogP contribution in [0.25, 0.3) is 0 Å². The van der Waals surface area contributed by atoms with Gasteiger partial charge in [-0.3, -0.25) is 19.3 Å². The summed E-state index contributed by atoms with van der Waals surface area (Å²) in [4.78, 5) is 37.9. The molecule has 0 radical (unpaired) electrons. The van der Waals surface area contributed by atoms with Crippen LogP contribution >= 0.6 is 0 Å². The highest BCUT2D eigenvalue weighted by Crippen LogP contribution is 2.31. The average Bonchev–Trinajstić information content (AvgIpc) is 3.29. The molecular weight excluding hydrogens is 338 g/mol. The van der Waals surface area contributed by atoms with E-state index in [-0.39, 0.29) is 24.8 Å². The number of aromatic nitrogens is 2. The minimum Gasteiger partial charge on any atom is -0.469 e. The summed E-state index contributed by atoms with van der Waals surface area (Å²) in [6.07, 6.45) is 6.10. The number of nitrogens with one attached hydrogen (secondary N) is 2. The first kappa shape index (κ1) is 18.4. The summed E-state index contributed by atoms with van der Waals surface area (Å²) >= 11 is 0. The van der Waals surface area contributed by atoms with Crippen LogP contribution < -0.4 is 10.6 Å². The van der Waals surface area contributed by atoms with Gasteiger partial charge in [0, 0.05) is 19.2 Å². The SMILES string of the molecule is COC(=O)CC1C(=O)NCCN1CC(=O)Nc1ccnn1C1CCCC1. The molecule has 1 aromatic heterocycles. The number of methoxy groups -OCH3 is 1. The Morgan fingerprint density at radius 1 is 1.38 bits per heavy atom. The van der Waals surface area contributed by atoms with Gasteiger partial charge in [-0.05, 0) is 12.8 Å². The smallest absolute Gasteiger partial charge is 0.307 e. The lowest BCUT2D eigenvalue weighted by Gasteiger charge is -2.33. The molecule has 2 heterocycles. The average molecular weight is 363 g/mol. The Kier molecular flexibility index (Phi) is 5.87. The molecule has 9 heteroatoms. The van der Waals surface area contributed by atoms with E-state index in [0.29, 0.717) is 24.9 Å². The quantitative estimate of drug-likeness (QED) is 0.704. The van der Waals surface area contributed by atoms with Gasteiger partial charge in [-0.1, -0.05) is 12.8 Å². The fourth-order valence-electron chi connectivity index (χ4n) is 3.63. The van der Waals surface area contributed by atoms with Gasteiger partial charge in [0.2, 0.25) is 11.8 Å². The molecule has 2 aliphatic rings. The molecule has 9 nitrogen and oxygen atoms in total. The highest BCUT2D eigenvalue weighted by atomic mass is 16.5. The number of anilines is 1. The monoisotopic (exact) mass is 363 g/mol. The number of amides is 2. The first-order valence-electron chi connectivity index (χ1n) is 9.00. The zero-order valence-electron chi connectivity index (χ0n) is 14.9. The summed E-state index contributed by atoms with van der Waals surface area (Å²) in [7, 11) is 1.28. The van der Waals surface area contributed by atoms with Crippen LogP contribution in [0, 0.1) is 0 Å². The number of hydrogen-bond acceptors (Lipinski definition) is 6. The van der Waals surface area contributed by atoms with Crippen molar-refractivity contribution in [3.63, 3.8) is 0 Å². The highest BCUT2D eigenvalue weighted by molar-refractivity contribution is 5.93. The van der Waals surface area contributed by atoms with Crippen molar-refractivity contribution in [3.05, 3.63) is 12.3 Å². The minimum atomic E-state index is -0.693. The maximum Gasteiger partial charge on any atom is 0.307 e. The Morgan fingerprint density at radius 2 is 2.15 bits per heavy atom. The molecule has 1 atom stereocenters. The number of hydrogen-bond donors (Lipinski definition) is 2. The Bertz CT molecular complexity index is 668. The molecule has 1 aliphatic heterocycles. The molecule has 0 aromatic carbocycles. The van der Waals surface area contributed by atoms with Gasteiger partial charge >= 0.3 is 5.97 Å². The van der Waals surface area contributed by atoms with Gasteiger partial charge in [0.05, 0.1) is 32.3 Å². The molecule has 0 bridgehead atoms. The molecule has 2 N–H and O–H groups in total. The van der Waals surface area contributed by atoms with E-state index in [1.54, 1.807) is 17.2 Å². The van der Waals surface area contributed by atoms with Gasteiger partial charge in [0.25, 0.3) is 0 Å². The zero-order valence-corrected chi connectivity index (χ0v) is 14.9. The zero-order chi connectivity index (χ0) is 18.5. The van der Waals surface area contributed by atoms with E-state index >= 15 is 0 Å². The van der Waals surface area contributed by atoms with E-state index in [0.717, 1.165) is 12.8 Å². The van der Waals surface area contributed by atoms with Crippen LogP contribution in [-0.4, -0.2) is 65.2 Å². The van der Waals surface area contributed by atoms with Crippen molar-refractivity contribution in [2.24, 2.45) is 0 Å². The number of ether oxygens (including phenoxy) is 1. The van der Waals surface area contributed by atoms with E-state index in [4.69, 9.17) is 0 Å². The first-order valence-corrected chi connectivity index (χ1v) is 9.00. The number of esters is 1.